The SMILES string of the molecule is Nc1nc(-c2ccc(Cl)c(Cl)c2)nc(-n2cncn2)n1. The van der Waals surface area contributed by atoms with Crippen molar-refractivity contribution >= 4 is 29.2 Å². The Morgan fingerprint density at radius 1 is 1.05 bits per heavy atom. The lowest BCUT2D eigenvalue weighted by molar-refractivity contribution is 0.800. The van der Waals surface area contributed by atoms with E-state index >= 15 is 0 Å². The highest BCUT2D eigenvalue weighted by Crippen LogP contribution is 2.27. The second kappa shape index (κ2) is 5.03. The van der Waals surface area contributed by atoms with E-state index in [4.69, 9.17) is 28.9 Å². The van der Waals surface area contributed by atoms with Crippen LogP contribution in [0.4, 0.5) is 5.95 Å². The largest absolute Gasteiger partial charge is 0.368 e. The van der Waals surface area contributed by atoms with Crippen LogP contribution < -0.4 is 5.73 Å². The first-order chi connectivity index (χ1) is 9.63. The Hall–Kier alpha value is -2.25. The number of rotatable bonds is 2. The Morgan fingerprint density at radius 3 is 2.60 bits per heavy atom. The standard InChI is InChI=1S/C11H7Cl2N7/c12-7-2-1-6(3-8(7)13)9-17-10(14)19-11(18-9)20-5-15-4-16-20/h1-5H,(H2,14,17,18,19). The van der Waals surface area contributed by atoms with Gasteiger partial charge < -0.3 is 5.73 Å². The molecule has 0 bridgehead atoms. The summed E-state index contributed by atoms with van der Waals surface area (Å²) in [5, 5.41) is 4.80. The van der Waals surface area contributed by atoms with E-state index in [2.05, 4.69) is 25.0 Å². The molecule has 0 atom stereocenters. The van der Waals surface area contributed by atoms with Gasteiger partial charge in [0.1, 0.15) is 12.7 Å². The predicted octanol–water partition coefficient (Wildman–Crippen LogP) is 2.01. The van der Waals surface area contributed by atoms with Crippen molar-refractivity contribution in [3.8, 4) is 17.3 Å². The number of anilines is 1. The Morgan fingerprint density at radius 2 is 1.90 bits per heavy atom. The molecule has 7 nitrogen and oxygen atoms in total. The van der Waals surface area contributed by atoms with Gasteiger partial charge in [0, 0.05) is 5.56 Å². The average molecular weight is 308 g/mol. The van der Waals surface area contributed by atoms with Crippen LogP contribution in [-0.2, 0) is 0 Å². The maximum absolute atomic E-state index is 5.98. The van der Waals surface area contributed by atoms with E-state index in [1.165, 1.54) is 17.3 Å². The highest BCUT2D eigenvalue weighted by molar-refractivity contribution is 6.42. The molecule has 0 saturated carbocycles. The molecule has 0 aliphatic carbocycles. The van der Waals surface area contributed by atoms with E-state index in [1.807, 2.05) is 0 Å². The summed E-state index contributed by atoms with van der Waals surface area (Å²) in [6, 6.07) is 5.06. The van der Waals surface area contributed by atoms with Crippen molar-refractivity contribution in [1.82, 2.24) is 29.7 Å². The zero-order valence-corrected chi connectivity index (χ0v) is 11.4. The highest BCUT2D eigenvalue weighted by atomic mass is 35.5. The molecule has 2 aromatic heterocycles. The van der Waals surface area contributed by atoms with Gasteiger partial charge in [0.25, 0.3) is 5.95 Å². The van der Waals surface area contributed by atoms with Gasteiger partial charge in [0.15, 0.2) is 5.82 Å². The molecule has 2 heterocycles. The van der Waals surface area contributed by atoms with Crippen LogP contribution >= 0.6 is 23.2 Å². The molecule has 0 aliphatic heterocycles. The molecule has 1 aromatic carbocycles. The molecular weight excluding hydrogens is 301 g/mol. The average Bonchev–Trinajstić information content (AvgIpc) is 2.95. The molecule has 0 saturated heterocycles. The number of nitrogens with two attached hydrogens (primary N) is 1. The van der Waals surface area contributed by atoms with Crippen molar-refractivity contribution in [3.05, 3.63) is 40.9 Å². The number of nitrogens with zero attached hydrogens (tertiary/aromatic N) is 6. The van der Waals surface area contributed by atoms with Crippen LogP contribution in [0.3, 0.4) is 0 Å². The van der Waals surface area contributed by atoms with Gasteiger partial charge in [-0.15, -0.1) is 0 Å². The maximum Gasteiger partial charge on any atom is 0.257 e. The molecule has 0 spiro atoms. The van der Waals surface area contributed by atoms with Crippen LogP contribution in [0.2, 0.25) is 10.0 Å². The summed E-state index contributed by atoms with van der Waals surface area (Å²) in [5.74, 6) is 0.726. The minimum absolute atomic E-state index is 0.0755. The summed E-state index contributed by atoms with van der Waals surface area (Å²) < 4.78 is 1.39. The molecular formula is C11H7Cl2N7. The minimum atomic E-state index is 0.0755. The second-order valence-corrected chi connectivity index (χ2v) is 4.60. The maximum atomic E-state index is 5.98. The number of nitrogen functional groups attached to an aromatic ring is 1. The summed E-state index contributed by atoms with van der Waals surface area (Å²) in [5.41, 5.74) is 6.36. The first-order valence-corrected chi connectivity index (χ1v) is 6.21. The topological polar surface area (TPSA) is 95.4 Å². The normalized spacial score (nSPS) is 10.7. The van der Waals surface area contributed by atoms with Gasteiger partial charge in [-0.1, -0.05) is 23.2 Å². The fourth-order valence-corrected chi connectivity index (χ4v) is 1.86. The van der Waals surface area contributed by atoms with Crippen molar-refractivity contribution in [2.75, 3.05) is 5.73 Å². The molecule has 0 unspecified atom stereocenters. The Balaban J connectivity index is 2.12. The molecule has 3 aromatic rings. The van der Waals surface area contributed by atoms with Crippen LogP contribution in [0.1, 0.15) is 0 Å². The number of benzene rings is 1. The molecule has 0 fully saturated rings. The third-order valence-corrected chi connectivity index (χ3v) is 3.18. The number of hydrogen-bond acceptors (Lipinski definition) is 6. The van der Waals surface area contributed by atoms with Crippen LogP contribution in [0, 0.1) is 0 Å². The third-order valence-electron chi connectivity index (χ3n) is 2.44. The summed E-state index contributed by atoms with van der Waals surface area (Å²) in [6.45, 7) is 0. The van der Waals surface area contributed by atoms with Crippen LogP contribution in [0.15, 0.2) is 30.9 Å². The number of aromatic nitrogens is 6. The lowest BCUT2D eigenvalue weighted by atomic mass is 10.2. The summed E-state index contributed by atoms with van der Waals surface area (Å²) in [4.78, 5) is 16.2. The highest BCUT2D eigenvalue weighted by Gasteiger charge is 2.10. The van der Waals surface area contributed by atoms with Gasteiger partial charge in [0.05, 0.1) is 10.0 Å². The summed E-state index contributed by atoms with van der Waals surface area (Å²) in [7, 11) is 0. The Labute approximate surface area is 123 Å². The third kappa shape index (κ3) is 2.40. The molecule has 20 heavy (non-hydrogen) atoms. The van der Waals surface area contributed by atoms with E-state index in [-0.39, 0.29) is 11.9 Å². The molecule has 100 valence electrons. The van der Waals surface area contributed by atoms with E-state index in [0.717, 1.165) is 0 Å². The molecule has 0 aliphatic rings. The monoisotopic (exact) mass is 307 g/mol. The van der Waals surface area contributed by atoms with Crippen molar-refractivity contribution in [2.45, 2.75) is 0 Å². The van der Waals surface area contributed by atoms with Crippen molar-refractivity contribution in [1.29, 1.82) is 0 Å². The minimum Gasteiger partial charge on any atom is -0.368 e. The smallest absolute Gasteiger partial charge is 0.257 e. The Bertz CT molecular complexity index is 757. The molecule has 0 radical (unpaired) electrons. The zero-order chi connectivity index (χ0) is 14.1. The van der Waals surface area contributed by atoms with Crippen molar-refractivity contribution in [2.24, 2.45) is 0 Å². The lowest BCUT2D eigenvalue weighted by Crippen LogP contribution is -2.08. The molecule has 2 N–H and O–H groups in total. The van der Waals surface area contributed by atoms with Gasteiger partial charge in [-0.2, -0.15) is 24.7 Å². The molecule has 9 heteroatoms. The second-order valence-electron chi connectivity index (χ2n) is 3.79. The van der Waals surface area contributed by atoms with Crippen molar-refractivity contribution < 1.29 is 0 Å². The fraction of sp³-hybridized carbons (Fsp3) is 0. The van der Waals surface area contributed by atoms with Gasteiger partial charge in [-0.05, 0) is 18.2 Å². The van der Waals surface area contributed by atoms with E-state index in [1.54, 1.807) is 18.2 Å². The first-order valence-electron chi connectivity index (χ1n) is 5.45. The van der Waals surface area contributed by atoms with Crippen LogP contribution in [0.5, 0.6) is 0 Å². The van der Waals surface area contributed by atoms with E-state index < -0.39 is 0 Å². The fourth-order valence-electron chi connectivity index (χ4n) is 1.56. The van der Waals surface area contributed by atoms with Gasteiger partial charge in [-0.25, -0.2) is 4.98 Å². The number of hydrogen-bond donors (Lipinski definition) is 1. The summed E-state index contributed by atoms with van der Waals surface area (Å²) >= 11 is 11.9. The molecule has 0 amide bonds. The lowest BCUT2D eigenvalue weighted by Gasteiger charge is -2.05. The summed E-state index contributed by atoms with van der Waals surface area (Å²) in [6.07, 6.45) is 2.84. The Kier molecular flexibility index (Phi) is 3.21. The first kappa shape index (κ1) is 12.8. The zero-order valence-electron chi connectivity index (χ0n) is 9.90. The van der Waals surface area contributed by atoms with Gasteiger partial charge in [-0.3, -0.25) is 0 Å². The van der Waals surface area contributed by atoms with Gasteiger partial charge in [0.2, 0.25) is 5.95 Å². The van der Waals surface area contributed by atoms with Crippen LogP contribution in [-0.4, -0.2) is 29.7 Å². The van der Waals surface area contributed by atoms with Crippen molar-refractivity contribution in [3.63, 3.8) is 0 Å². The molecule has 3 rings (SSSR count). The quantitative estimate of drug-likeness (QED) is 0.778. The van der Waals surface area contributed by atoms with Gasteiger partial charge >= 0.3 is 0 Å². The van der Waals surface area contributed by atoms with Crippen LogP contribution in [0.25, 0.3) is 17.3 Å². The van der Waals surface area contributed by atoms with E-state index in [9.17, 15) is 0 Å². The predicted molar refractivity (Wildman–Crippen MR) is 74.6 cm³/mol. The number of halogens is 2. The van der Waals surface area contributed by atoms with E-state index in [0.29, 0.717) is 21.4 Å².